The number of hydrogen-bond donors (Lipinski definition) is 2. The van der Waals surface area contributed by atoms with Crippen LogP contribution in [-0.4, -0.2) is 28.1 Å². The van der Waals surface area contributed by atoms with E-state index in [2.05, 4.69) is 48.3 Å². The average molecular weight is 581 g/mol. The Hall–Kier alpha value is -2.97. The second-order valence-electron chi connectivity index (χ2n) is 12.1. The maximum Gasteiger partial charge on any atom is 0.453 e. The zero-order chi connectivity index (χ0) is 31.4. The van der Waals surface area contributed by atoms with Crippen molar-refractivity contribution in [2.75, 3.05) is 10.6 Å². The van der Waals surface area contributed by atoms with Crippen LogP contribution in [-0.2, 0) is 10.8 Å². The number of alkyl halides is 5. The van der Waals surface area contributed by atoms with Crippen LogP contribution in [0.3, 0.4) is 0 Å². The van der Waals surface area contributed by atoms with Gasteiger partial charge in [0.2, 0.25) is 0 Å². The SMILES string of the molecule is CC.CC(C)C(C)(C)c1ccccc1Nc1nc(C(C)(C)C(C)(C)C(F)(F)C(F)(F)F)cnc1NC1C=CC=CC1. The molecule has 1 atom stereocenters. The van der Waals surface area contributed by atoms with E-state index < -0.39 is 22.9 Å². The van der Waals surface area contributed by atoms with E-state index in [1.807, 2.05) is 62.4 Å². The zero-order valence-corrected chi connectivity index (χ0v) is 25.8. The van der Waals surface area contributed by atoms with E-state index in [4.69, 9.17) is 0 Å². The van der Waals surface area contributed by atoms with Crippen LogP contribution < -0.4 is 10.6 Å². The topological polar surface area (TPSA) is 49.8 Å². The molecule has 1 unspecified atom stereocenters. The molecule has 1 aliphatic rings. The van der Waals surface area contributed by atoms with Gasteiger partial charge in [0.25, 0.3) is 0 Å². The molecule has 0 aliphatic heterocycles. The molecule has 41 heavy (non-hydrogen) atoms. The summed E-state index contributed by atoms with van der Waals surface area (Å²) >= 11 is 0. The summed E-state index contributed by atoms with van der Waals surface area (Å²) in [6, 6.07) is 7.64. The van der Waals surface area contributed by atoms with Gasteiger partial charge in [-0.2, -0.15) is 22.0 Å². The van der Waals surface area contributed by atoms with E-state index in [9.17, 15) is 22.0 Å². The van der Waals surface area contributed by atoms with Gasteiger partial charge in [-0.25, -0.2) is 9.97 Å². The Labute approximate surface area is 242 Å². The van der Waals surface area contributed by atoms with Crippen molar-refractivity contribution >= 4 is 17.3 Å². The lowest BCUT2D eigenvalue weighted by atomic mass is 9.62. The lowest BCUT2D eigenvalue weighted by molar-refractivity contribution is -0.330. The highest BCUT2D eigenvalue weighted by atomic mass is 19.4. The average Bonchev–Trinajstić information content (AvgIpc) is 2.90. The van der Waals surface area contributed by atoms with Gasteiger partial charge in [-0.15, -0.1) is 0 Å². The van der Waals surface area contributed by atoms with Gasteiger partial charge in [-0.05, 0) is 29.4 Å². The fourth-order valence-corrected chi connectivity index (χ4v) is 4.41. The van der Waals surface area contributed by atoms with Crippen LogP contribution in [0.2, 0.25) is 0 Å². The van der Waals surface area contributed by atoms with Crippen molar-refractivity contribution < 1.29 is 22.0 Å². The molecule has 0 saturated heterocycles. The lowest BCUT2D eigenvalue weighted by Crippen LogP contribution is -2.57. The van der Waals surface area contributed by atoms with Gasteiger partial charge < -0.3 is 10.6 Å². The first-order chi connectivity index (χ1) is 18.8. The summed E-state index contributed by atoms with van der Waals surface area (Å²) in [5.74, 6) is -4.05. The minimum absolute atomic E-state index is 0.0177. The second kappa shape index (κ2) is 12.5. The lowest BCUT2D eigenvalue weighted by Gasteiger charge is -2.46. The van der Waals surface area contributed by atoms with Gasteiger partial charge in [0.1, 0.15) is 0 Å². The molecule has 2 aromatic rings. The van der Waals surface area contributed by atoms with E-state index in [0.717, 1.165) is 25.1 Å². The number of rotatable bonds is 9. The number of aromatic nitrogens is 2. The predicted octanol–water partition coefficient (Wildman–Crippen LogP) is 9.98. The number of nitrogens with one attached hydrogen (secondary N) is 2. The van der Waals surface area contributed by atoms with Crippen LogP contribution in [0.25, 0.3) is 0 Å². The smallest absolute Gasteiger partial charge is 0.360 e. The third-order valence-corrected chi connectivity index (χ3v) is 8.74. The summed E-state index contributed by atoms with van der Waals surface area (Å²) in [6.45, 7) is 17.0. The molecule has 0 saturated carbocycles. The first-order valence-electron chi connectivity index (χ1n) is 14.1. The van der Waals surface area contributed by atoms with Gasteiger partial charge >= 0.3 is 12.1 Å². The fraction of sp³-hybridized carbons (Fsp3) is 0.562. The highest BCUT2D eigenvalue weighted by molar-refractivity contribution is 5.71. The second-order valence-corrected chi connectivity index (χ2v) is 12.1. The maximum absolute atomic E-state index is 14.8. The summed E-state index contributed by atoms with van der Waals surface area (Å²) < 4.78 is 69.9. The Morgan fingerprint density at radius 2 is 1.49 bits per heavy atom. The third-order valence-electron chi connectivity index (χ3n) is 8.74. The molecule has 0 amide bonds. The number of nitrogens with zero attached hydrogens (tertiary/aromatic N) is 2. The van der Waals surface area contributed by atoms with Crippen molar-refractivity contribution in [3.63, 3.8) is 0 Å². The zero-order valence-electron chi connectivity index (χ0n) is 25.8. The van der Waals surface area contributed by atoms with Gasteiger partial charge in [-0.3, -0.25) is 0 Å². The molecule has 0 radical (unpaired) electrons. The van der Waals surface area contributed by atoms with Gasteiger partial charge in [0.05, 0.1) is 11.9 Å². The Balaban J connectivity index is 0.00000287. The summed E-state index contributed by atoms with van der Waals surface area (Å²) in [5.41, 5.74) is -2.69. The number of anilines is 3. The molecule has 0 spiro atoms. The Morgan fingerprint density at radius 1 is 0.878 bits per heavy atom. The van der Waals surface area contributed by atoms with E-state index in [-0.39, 0.29) is 23.0 Å². The van der Waals surface area contributed by atoms with Crippen molar-refractivity contribution in [3.8, 4) is 0 Å². The normalized spacial score (nSPS) is 16.3. The van der Waals surface area contributed by atoms with Crippen LogP contribution in [0.15, 0.2) is 54.8 Å². The Morgan fingerprint density at radius 3 is 2.02 bits per heavy atom. The number of halogens is 5. The summed E-state index contributed by atoms with van der Waals surface area (Å²) in [4.78, 5) is 9.16. The van der Waals surface area contributed by atoms with Crippen LogP contribution in [0.4, 0.5) is 39.3 Å². The highest BCUT2D eigenvalue weighted by Gasteiger charge is 2.70. The van der Waals surface area contributed by atoms with E-state index >= 15 is 0 Å². The molecular formula is C32H45F5N4. The standard InChI is InChI=1S/C30H39F5N4.C2H6/c1-19(2)26(3,4)21-16-12-13-17-22(21)38-25-24(37-20-14-10-9-11-15-20)36-18-23(39-25)27(5,6)28(7,8)29(31,32)30(33,34)35;1-2/h9-14,16-20H,15H2,1-8H3,(H,36,37)(H,38,39);1-2H3. The fourth-order valence-electron chi connectivity index (χ4n) is 4.41. The minimum atomic E-state index is -5.72. The van der Waals surface area contributed by atoms with Crippen LogP contribution in [0, 0.1) is 11.3 Å². The third kappa shape index (κ3) is 6.75. The molecule has 9 heteroatoms. The molecule has 2 N–H and O–H groups in total. The van der Waals surface area contributed by atoms with Crippen molar-refractivity contribution in [2.24, 2.45) is 11.3 Å². The van der Waals surface area contributed by atoms with Crippen molar-refractivity contribution in [1.29, 1.82) is 0 Å². The number of benzene rings is 1. The first-order valence-corrected chi connectivity index (χ1v) is 14.1. The van der Waals surface area contributed by atoms with Crippen molar-refractivity contribution in [2.45, 2.75) is 105 Å². The molecule has 0 bridgehead atoms. The molecule has 0 fully saturated rings. The number of hydrogen-bond acceptors (Lipinski definition) is 4. The van der Waals surface area contributed by atoms with Gasteiger partial charge in [0, 0.05) is 22.6 Å². The monoisotopic (exact) mass is 580 g/mol. The van der Waals surface area contributed by atoms with Crippen LogP contribution in [0.5, 0.6) is 0 Å². The summed E-state index contributed by atoms with van der Waals surface area (Å²) in [7, 11) is 0. The quantitative estimate of drug-likeness (QED) is 0.290. The molecule has 1 aromatic heterocycles. The summed E-state index contributed by atoms with van der Waals surface area (Å²) in [5, 5.41) is 6.66. The van der Waals surface area contributed by atoms with Gasteiger partial charge in [-0.1, -0.05) is 112 Å². The molecular weight excluding hydrogens is 535 g/mol. The predicted molar refractivity (Wildman–Crippen MR) is 159 cm³/mol. The molecule has 1 aliphatic carbocycles. The molecule has 228 valence electrons. The van der Waals surface area contributed by atoms with Crippen LogP contribution >= 0.6 is 0 Å². The van der Waals surface area contributed by atoms with E-state index in [1.165, 1.54) is 20.0 Å². The highest BCUT2D eigenvalue weighted by Crippen LogP contribution is 2.56. The molecule has 4 nitrogen and oxygen atoms in total. The largest absolute Gasteiger partial charge is 0.453 e. The number of allylic oxidation sites excluding steroid dienone is 2. The van der Waals surface area contributed by atoms with E-state index in [1.54, 1.807) is 0 Å². The maximum atomic E-state index is 14.8. The van der Waals surface area contributed by atoms with Gasteiger partial charge in [0.15, 0.2) is 11.6 Å². The first kappa shape index (κ1) is 34.2. The number of para-hydroxylation sites is 1. The minimum Gasteiger partial charge on any atom is -0.360 e. The van der Waals surface area contributed by atoms with E-state index in [0.29, 0.717) is 18.2 Å². The Bertz CT molecular complexity index is 1230. The van der Waals surface area contributed by atoms with Crippen LogP contribution in [0.1, 0.15) is 86.9 Å². The summed E-state index contributed by atoms with van der Waals surface area (Å²) in [6.07, 6.45) is 4.07. The van der Waals surface area contributed by atoms with Crippen molar-refractivity contribution in [1.82, 2.24) is 9.97 Å². The molecule has 1 heterocycles. The molecule has 1 aromatic carbocycles. The van der Waals surface area contributed by atoms with Crippen molar-refractivity contribution in [3.05, 3.63) is 66.0 Å². The molecule has 3 rings (SSSR count). The Kier molecular flexibility index (Phi) is 10.4.